The highest BCUT2D eigenvalue weighted by Crippen LogP contribution is 2.20. The van der Waals surface area contributed by atoms with Crippen molar-refractivity contribution in [1.29, 1.82) is 0 Å². The normalized spacial score (nSPS) is 10.3. The Kier molecular flexibility index (Phi) is 5.89. The van der Waals surface area contributed by atoms with Gasteiger partial charge in [-0.2, -0.15) is 0 Å². The minimum atomic E-state index is -0.752. The Morgan fingerprint density at radius 2 is 1.82 bits per heavy atom. The molecule has 0 aliphatic rings. The first-order valence-corrected chi connectivity index (χ1v) is 7.25. The van der Waals surface area contributed by atoms with Crippen molar-refractivity contribution in [2.75, 3.05) is 6.61 Å². The fourth-order valence-corrected chi connectivity index (χ4v) is 1.88. The molecule has 0 bridgehead atoms. The highest BCUT2D eigenvalue weighted by molar-refractivity contribution is 5.65. The van der Waals surface area contributed by atoms with E-state index in [0.717, 1.165) is 30.4 Å². The van der Waals surface area contributed by atoms with Crippen molar-refractivity contribution in [3.05, 3.63) is 48.4 Å². The summed E-state index contributed by atoms with van der Waals surface area (Å²) >= 11 is 0. The van der Waals surface area contributed by atoms with Crippen molar-refractivity contribution < 1.29 is 18.7 Å². The summed E-state index contributed by atoms with van der Waals surface area (Å²) in [6, 6.07) is 9.41. The molecule has 0 radical (unpaired) electrons. The van der Waals surface area contributed by atoms with Gasteiger partial charge in [-0.1, -0.05) is 31.9 Å². The second kappa shape index (κ2) is 8.12. The summed E-state index contributed by atoms with van der Waals surface area (Å²) in [7, 11) is 0. The van der Waals surface area contributed by atoms with E-state index in [1.54, 1.807) is 30.5 Å². The number of nitrogens with zero attached hydrogens (tertiary/aromatic N) is 1. The monoisotopic (exact) mass is 303 g/mol. The van der Waals surface area contributed by atoms with Gasteiger partial charge < -0.3 is 9.47 Å². The molecule has 1 heterocycles. The fourth-order valence-electron chi connectivity index (χ4n) is 1.88. The van der Waals surface area contributed by atoms with Crippen LogP contribution in [0.2, 0.25) is 0 Å². The number of carbonyl (C=O) groups is 1. The summed E-state index contributed by atoms with van der Waals surface area (Å²) < 4.78 is 22.8. The van der Waals surface area contributed by atoms with Crippen LogP contribution in [-0.4, -0.2) is 17.7 Å². The average molecular weight is 303 g/mol. The number of hydrogen-bond acceptors (Lipinski definition) is 4. The van der Waals surface area contributed by atoms with Gasteiger partial charge in [-0.05, 0) is 30.2 Å². The van der Waals surface area contributed by atoms with Crippen LogP contribution in [-0.2, 0) is 4.74 Å². The predicted molar refractivity (Wildman–Crippen MR) is 81.1 cm³/mol. The van der Waals surface area contributed by atoms with Gasteiger partial charge in [0.15, 0.2) is 0 Å². The molecule has 0 unspecified atom stereocenters. The maximum absolute atomic E-state index is 12.9. The van der Waals surface area contributed by atoms with Crippen LogP contribution >= 0.6 is 0 Å². The number of hydrogen-bond donors (Lipinski definition) is 0. The number of benzene rings is 1. The predicted octanol–water partition coefficient (Wildman–Crippen LogP) is 4.59. The van der Waals surface area contributed by atoms with Gasteiger partial charge in [-0.3, -0.25) is 0 Å². The van der Waals surface area contributed by atoms with Gasteiger partial charge >= 0.3 is 6.16 Å². The van der Waals surface area contributed by atoms with Gasteiger partial charge in [-0.25, -0.2) is 14.2 Å². The highest BCUT2D eigenvalue weighted by atomic mass is 19.1. The molecule has 0 spiro atoms. The molecule has 0 aliphatic heterocycles. The lowest BCUT2D eigenvalue weighted by molar-refractivity contribution is 0.0959. The molecule has 4 nitrogen and oxygen atoms in total. The Balaban J connectivity index is 1.89. The van der Waals surface area contributed by atoms with Crippen LogP contribution in [0.1, 0.15) is 26.2 Å². The molecule has 5 heteroatoms. The van der Waals surface area contributed by atoms with E-state index in [1.807, 2.05) is 0 Å². The Hall–Kier alpha value is -2.43. The van der Waals surface area contributed by atoms with Gasteiger partial charge in [0.05, 0.1) is 6.61 Å². The third-order valence-corrected chi connectivity index (χ3v) is 3.07. The van der Waals surface area contributed by atoms with Crippen molar-refractivity contribution in [3.8, 4) is 17.0 Å². The minimum Gasteiger partial charge on any atom is -0.434 e. The van der Waals surface area contributed by atoms with E-state index in [2.05, 4.69) is 11.9 Å². The van der Waals surface area contributed by atoms with Gasteiger partial charge in [-0.15, -0.1) is 0 Å². The van der Waals surface area contributed by atoms with Crippen LogP contribution in [0.5, 0.6) is 5.88 Å². The van der Waals surface area contributed by atoms with Crippen molar-refractivity contribution in [3.63, 3.8) is 0 Å². The van der Waals surface area contributed by atoms with Gasteiger partial charge in [0.25, 0.3) is 0 Å². The molecule has 2 rings (SSSR count). The van der Waals surface area contributed by atoms with Crippen LogP contribution in [0, 0.1) is 5.82 Å². The van der Waals surface area contributed by atoms with E-state index in [1.165, 1.54) is 12.1 Å². The molecular formula is C17H18FNO3. The zero-order valence-electron chi connectivity index (χ0n) is 12.4. The summed E-state index contributed by atoms with van der Waals surface area (Å²) in [6.07, 6.45) is 3.70. The molecule has 0 aliphatic carbocycles. The van der Waals surface area contributed by atoms with Crippen molar-refractivity contribution in [2.24, 2.45) is 0 Å². The van der Waals surface area contributed by atoms with E-state index < -0.39 is 6.16 Å². The van der Waals surface area contributed by atoms with Crippen LogP contribution < -0.4 is 4.74 Å². The fraction of sp³-hybridized carbons (Fsp3) is 0.294. The Bertz CT molecular complexity index is 596. The number of aromatic nitrogens is 1. The first-order chi connectivity index (χ1) is 10.7. The molecule has 1 aromatic carbocycles. The lowest BCUT2D eigenvalue weighted by Gasteiger charge is -2.06. The molecule has 0 saturated heterocycles. The summed E-state index contributed by atoms with van der Waals surface area (Å²) in [6.45, 7) is 2.42. The zero-order valence-corrected chi connectivity index (χ0v) is 12.4. The molecule has 22 heavy (non-hydrogen) atoms. The summed E-state index contributed by atoms with van der Waals surface area (Å²) in [5.41, 5.74) is 1.64. The Morgan fingerprint density at radius 1 is 1.09 bits per heavy atom. The largest absolute Gasteiger partial charge is 0.515 e. The van der Waals surface area contributed by atoms with E-state index in [-0.39, 0.29) is 11.7 Å². The topological polar surface area (TPSA) is 48.4 Å². The van der Waals surface area contributed by atoms with Crippen LogP contribution in [0.15, 0.2) is 42.6 Å². The maximum Gasteiger partial charge on any atom is 0.515 e. The van der Waals surface area contributed by atoms with E-state index in [4.69, 9.17) is 9.47 Å². The number of ether oxygens (including phenoxy) is 2. The van der Waals surface area contributed by atoms with Gasteiger partial charge in [0, 0.05) is 17.8 Å². The van der Waals surface area contributed by atoms with Crippen molar-refractivity contribution in [1.82, 2.24) is 4.98 Å². The van der Waals surface area contributed by atoms with Crippen LogP contribution in [0.4, 0.5) is 9.18 Å². The van der Waals surface area contributed by atoms with Crippen molar-refractivity contribution >= 4 is 6.16 Å². The minimum absolute atomic E-state index is 0.173. The number of unbranched alkanes of at least 4 members (excludes halogenated alkanes) is 2. The third kappa shape index (κ3) is 4.84. The van der Waals surface area contributed by atoms with Gasteiger partial charge in [0.1, 0.15) is 5.82 Å². The summed E-state index contributed by atoms with van der Waals surface area (Å²) in [5.74, 6) is -0.117. The number of pyridine rings is 1. The first kappa shape index (κ1) is 15.9. The van der Waals surface area contributed by atoms with E-state index in [0.29, 0.717) is 6.61 Å². The smallest absolute Gasteiger partial charge is 0.434 e. The number of halogens is 1. The zero-order chi connectivity index (χ0) is 15.8. The molecule has 0 fully saturated rings. The van der Waals surface area contributed by atoms with E-state index in [9.17, 15) is 9.18 Å². The molecular weight excluding hydrogens is 285 g/mol. The number of carbonyl (C=O) groups excluding carboxylic acids is 1. The SMILES string of the molecule is CCCCCOC(=O)Oc1ccc(-c2ccc(F)cc2)cn1. The summed E-state index contributed by atoms with van der Waals surface area (Å²) in [4.78, 5) is 15.5. The van der Waals surface area contributed by atoms with Gasteiger partial charge in [0.2, 0.25) is 5.88 Å². The third-order valence-electron chi connectivity index (χ3n) is 3.07. The molecule has 0 amide bonds. The Morgan fingerprint density at radius 3 is 2.45 bits per heavy atom. The second-order valence-electron chi connectivity index (χ2n) is 4.80. The molecule has 0 saturated carbocycles. The van der Waals surface area contributed by atoms with Crippen molar-refractivity contribution in [2.45, 2.75) is 26.2 Å². The Labute approximate surface area is 128 Å². The first-order valence-electron chi connectivity index (χ1n) is 7.25. The second-order valence-corrected chi connectivity index (χ2v) is 4.80. The van der Waals surface area contributed by atoms with Crippen LogP contribution in [0.3, 0.4) is 0 Å². The highest BCUT2D eigenvalue weighted by Gasteiger charge is 2.07. The molecule has 0 N–H and O–H groups in total. The van der Waals surface area contributed by atoms with Crippen LogP contribution in [0.25, 0.3) is 11.1 Å². The number of rotatable bonds is 6. The average Bonchev–Trinajstić information content (AvgIpc) is 2.53. The molecule has 2 aromatic rings. The van der Waals surface area contributed by atoms with E-state index >= 15 is 0 Å². The molecule has 1 aromatic heterocycles. The molecule has 116 valence electrons. The maximum atomic E-state index is 12.9. The summed E-state index contributed by atoms with van der Waals surface area (Å²) in [5, 5.41) is 0. The molecule has 0 atom stereocenters. The lowest BCUT2D eigenvalue weighted by atomic mass is 10.1. The quantitative estimate of drug-likeness (QED) is 0.578. The lowest BCUT2D eigenvalue weighted by Crippen LogP contribution is -2.12. The standard InChI is InChI=1S/C17H18FNO3/c1-2-3-4-11-21-17(20)22-16-10-7-14(12-19-16)13-5-8-15(18)9-6-13/h5-10,12H,2-4,11H2,1H3.